The Hall–Kier alpha value is -2.49. The average molecular weight is 324 g/mol. The van der Waals surface area contributed by atoms with Gasteiger partial charge in [0.15, 0.2) is 0 Å². The number of hydrogen-bond donors (Lipinski definition) is 1. The van der Waals surface area contributed by atoms with Crippen molar-refractivity contribution in [2.75, 3.05) is 0 Å². The molecule has 0 aliphatic rings. The third-order valence-electron chi connectivity index (χ3n) is 4.07. The van der Waals surface area contributed by atoms with Crippen molar-refractivity contribution in [3.05, 3.63) is 59.7 Å². The Kier molecular flexibility index (Phi) is 6.67. The second-order valence-electron chi connectivity index (χ2n) is 5.84. The van der Waals surface area contributed by atoms with Crippen LogP contribution in [0.1, 0.15) is 50.2 Å². The molecule has 0 spiro atoms. The molecule has 2 rings (SSSR count). The smallest absolute Gasteiger partial charge is 0.310 e. The predicted molar refractivity (Wildman–Crippen MR) is 96.3 cm³/mol. The quantitative estimate of drug-likeness (QED) is 0.603. The number of benzene rings is 2. The summed E-state index contributed by atoms with van der Waals surface area (Å²) in [5, 5.41) is 17.8. The number of rotatable bonds is 8. The summed E-state index contributed by atoms with van der Waals surface area (Å²) in [5.74, 6) is -1.22. The molecule has 1 unspecified atom stereocenters. The molecule has 0 aromatic heterocycles. The first kappa shape index (κ1) is 17.9. The van der Waals surface area contributed by atoms with E-state index < -0.39 is 11.9 Å². The lowest BCUT2D eigenvalue weighted by atomic mass is 9.93. The molecule has 0 saturated carbocycles. The first-order chi connectivity index (χ1) is 11.6. The van der Waals surface area contributed by atoms with E-state index in [1.54, 1.807) is 0 Å². The van der Waals surface area contributed by atoms with Crippen molar-refractivity contribution in [2.24, 2.45) is 10.2 Å². The van der Waals surface area contributed by atoms with E-state index in [0.29, 0.717) is 6.42 Å². The summed E-state index contributed by atoms with van der Waals surface area (Å²) in [6.45, 7) is 4.18. The van der Waals surface area contributed by atoms with Crippen molar-refractivity contribution in [1.29, 1.82) is 0 Å². The SMILES string of the molecule is CCCCC(C(=O)O)c1ccc(N=Nc2ccc(CC)cc2)cc1. The molecule has 1 N–H and O–H groups in total. The van der Waals surface area contributed by atoms with Crippen LogP contribution in [0.3, 0.4) is 0 Å². The molecule has 1 atom stereocenters. The average Bonchev–Trinajstić information content (AvgIpc) is 2.61. The molecule has 0 aliphatic heterocycles. The lowest BCUT2D eigenvalue weighted by molar-refractivity contribution is -0.139. The van der Waals surface area contributed by atoms with Gasteiger partial charge in [0.1, 0.15) is 0 Å². The minimum absolute atomic E-state index is 0.447. The molecule has 2 aromatic carbocycles. The maximum absolute atomic E-state index is 11.4. The zero-order chi connectivity index (χ0) is 17.4. The largest absolute Gasteiger partial charge is 0.481 e. The van der Waals surface area contributed by atoms with Crippen molar-refractivity contribution in [3.8, 4) is 0 Å². The summed E-state index contributed by atoms with van der Waals surface area (Å²) in [4.78, 5) is 11.4. The Bertz CT molecular complexity index is 676. The first-order valence-corrected chi connectivity index (χ1v) is 8.47. The topological polar surface area (TPSA) is 62.0 Å². The van der Waals surface area contributed by atoms with E-state index in [0.717, 1.165) is 36.2 Å². The second kappa shape index (κ2) is 8.96. The number of nitrogens with zero attached hydrogens (tertiary/aromatic N) is 2. The van der Waals surface area contributed by atoms with Gasteiger partial charge in [0.05, 0.1) is 17.3 Å². The molecule has 0 aliphatic carbocycles. The van der Waals surface area contributed by atoms with Crippen molar-refractivity contribution in [2.45, 2.75) is 45.4 Å². The fourth-order valence-electron chi connectivity index (χ4n) is 2.53. The van der Waals surface area contributed by atoms with Crippen molar-refractivity contribution in [3.63, 3.8) is 0 Å². The molecule has 2 aromatic rings. The van der Waals surface area contributed by atoms with Gasteiger partial charge in [-0.15, -0.1) is 0 Å². The van der Waals surface area contributed by atoms with Crippen LogP contribution in [0.5, 0.6) is 0 Å². The van der Waals surface area contributed by atoms with E-state index in [-0.39, 0.29) is 0 Å². The van der Waals surface area contributed by atoms with Gasteiger partial charge in [0.2, 0.25) is 0 Å². The Balaban J connectivity index is 2.07. The molecule has 0 heterocycles. The van der Waals surface area contributed by atoms with E-state index in [1.807, 2.05) is 48.5 Å². The number of hydrogen-bond acceptors (Lipinski definition) is 3. The number of aryl methyl sites for hydroxylation is 1. The number of unbranched alkanes of at least 4 members (excludes halogenated alkanes) is 1. The first-order valence-electron chi connectivity index (χ1n) is 8.47. The Morgan fingerprint density at radius 1 is 0.958 bits per heavy atom. The van der Waals surface area contributed by atoms with Gasteiger partial charge >= 0.3 is 5.97 Å². The second-order valence-corrected chi connectivity index (χ2v) is 5.84. The standard InChI is InChI=1S/C20H24N2O2/c1-3-5-6-19(20(23)24)16-9-13-18(14-10-16)22-21-17-11-7-15(4-2)8-12-17/h7-14,19H,3-6H2,1-2H3,(H,23,24). The summed E-state index contributed by atoms with van der Waals surface area (Å²) in [5.41, 5.74) is 3.62. The van der Waals surface area contributed by atoms with Crippen molar-refractivity contribution >= 4 is 17.3 Å². The highest BCUT2D eigenvalue weighted by atomic mass is 16.4. The lowest BCUT2D eigenvalue weighted by Gasteiger charge is -2.12. The molecule has 4 nitrogen and oxygen atoms in total. The molecule has 0 radical (unpaired) electrons. The zero-order valence-electron chi connectivity index (χ0n) is 14.3. The van der Waals surface area contributed by atoms with Crippen LogP contribution < -0.4 is 0 Å². The molecule has 0 amide bonds. The van der Waals surface area contributed by atoms with Crippen LogP contribution in [0.2, 0.25) is 0 Å². The molecule has 0 fully saturated rings. The van der Waals surface area contributed by atoms with E-state index in [1.165, 1.54) is 5.56 Å². The highest BCUT2D eigenvalue weighted by Gasteiger charge is 2.18. The van der Waals surface area contributed by atoms with Crippen LogP contribution in [0.4, 0.5) is 11.4 Å². The maximum Gasteiger partial charge on any atom is 0.310 e. The molecule has 126 valence electrons. The van der Waals surface area contributed by atoms with Crippen LogP contribution in [-0.2, 0) is 11.2 Å². The van der Waals surface area contributed by atoms with Crippen LogP contribution in [-0.4, -0.2) is 11.1 Å². The van der Waals surface area contributed by atoms with Crippen LogP contribution in [0, 0.1) is 0 Å². The molecular formula is C20H24N2O2. The maximum atomic E-state index is 11.4. The number of carboxylic acids is 1. The Labute approximate surface area is 143 Å². The zero-order valence-corrected chi connectivity index (χ0v) is 14.3. The molecule has 4 heteroatoms. The van der Waals surface area contributed by atoms with Crippen LogP contribution >= 0.6 is 0 Å². The minimum Gasteiger partial charge on any atom is -0.481 e. The van der Waals surface area contributed by atoms with Gasteiger partial charge < -0.3 is 5.11 Å². The third kappa shape index (κ3) is 5.01. The van der Waals surface area contributed by atoms with Crippen molar-refractivity contribution < 1.29 is 9.90 Å². The number of carbonyl (C=O) groups is 1. The monoisotopic (exact) mass is 324 g/mol. The Morgan fingerprint density at radius 3 is 1.96 bits per heavy atom. The molecule has 0 saturated heterocycles. The molecule has 24 heavy (non-hydrogen) atoms. The van der Waals surface area contributed by atoms with Gasteiger partial charge in [-0.3, -0.25) is 4.79 Å². The van der Waals surface area contributed by atoms with Crippen molar-refractivity contribution in [1.82, 2.24) is 0 Å². The fourth-order valence-corrected chi connectivity index (χ4v) is 2.53. The van der Waals surface area contributed by atoms with E-state index >= 15 is 0 Å². The normalized spacial score (nSPS) is 12.4. The van der Waals surface area contributed by atoms with Gasteiger partial charge in [0, 0.05) is 0 Å². The summed E-state index contributed by atoms with van der Waals surface area (Å²) >= 11 is 0. The van der Waals surface area contributed by atoms with Crippen LogP contribution in [0.25, 0.3) is 0 Å². The van der Waals surface area contributed by atoms with Gasteiger partial charge in [-0.05, 0) is 48.2 Å². The number of azo groups is 1. The van der Waals surface area contributed by atoms with Crippen LogP contribution in [0.15, 0.2) is 58.8 Å². The van der Waals surface area contributed by atoms with Gasteiger partial charge in [-0.2, -0.15) is 10.2 Å². The summed E-state index contributed by atoms with van der Waals surface area (Å²) in [7, 11) is 0. The summed E-state index contributed by atoms with van der Waals surface area (Å²) < 4.78 is 0. The van der Waals surface area contributed by atoms with Gasteiger partial charge in [-0.25, -0.2) is 0 Å². The number of carboxylic acid groups (broad SMARTS) is 1. The Morgan fingerprint density at radius 2 is 1.50 bits per heavy atom. The van der Waals surface area contributed by atoms with E-state index in [2.05, 4.69) is 24.1 Å². The fraction of sp³-hybridized carbons (Fsp3) is 0.350. The molecule has 0 bridgehead atoms. The lowest BCUT2D eigenvalue weighted by Crippen LogP contribution is -2.11. The molecular weight excluding hydrogens is 300 g/mol. The van der Waals surface area contributed by atoms with E-state index in [4.69, 9.17) is 0 Å². The highest BCUT2D eigenvalue weighted by Crippen LogP contribution is 2.26. The summed E-state index contributed by atoms with van der Waals surface area (Å²) in [6.07, 6.45) is 3.57. The van der Waals surface area contributed by atoms with Gasteiger partial charge in [-0.1, -0.05) is 51.0 Å². The number of aliphatic carboxylic acids is 1. The third-order valence-corrected chi connectivity index (χ3v) is 4.07. The predicted octanol–water partition coefficient (Wildman–Crippen LogP) is 6.02. The van der Waals surface area contributed by atoms with Gasteiger partial charge in [0.25, 0.3) is 0 Å². The highest BCUT2D eigenvalue weighted by molar-refractivity contribution is 5.76. The van der Waals surface area contributed by atoms with E-state index in [9.17, 15) is 9.90 Å². The minimum atomic E-state index is -0.770. The summed E-state index contributed by atoms with van der Waals surface area (Å²) in [6, 6.07) is 15.3.